The second-order valence-corrected chi connectivity index (χ2v) is 7.94. The average Bonchev–Trinajstić information content (AvgIpc) is 3.46. The van der Waals surface area contributed by atoms with Gasteiger partial charge in [-0.05, 0) is 54.5 Å². The van der Waals surface area contributed by atoms with Crippen molar-refractivity contribution in [3.05, 3.63) is 46.0 Å². The van der Waals surface area contributed by atoms with Crippen molar-refractivity contribution in [2.24, 2.45) is 0 Å². The second-order valence-electron chi connectivity index (χ2n) is 7.94. The lowest BCUT2D eigenvalue weighted by Crippen LogP contribution is -2.34. The van der Waals surface area contributed by atoms with Gasteiger partial charge in [-0.1, -0.05) is 0 Å². The van der Waals surface area contributed by atoms with Crippen LogP contribution in [0, 0.1) is 0 Å². The molecule has 0 bridgehead atoms. The first kappa shape index (κ1) is 22.9. The molecule has 3 aromatic rings. The molecule has 4 rings (SSSR count). The molecule has 0 radical (unpaired) electrons. The Balaban J connectivity index is 1.58. The van der Waals surface area contributed by atoms with Gasteiger partial charge in [-0.3, -0.25) is 14.5 Å². The van der Waals surface area contributed by atoms with E-state index in [1.165, 1.54) is 4.68 Å². The van der Waals surface area contributed by atoms with Gasteiger partial charge in [0.15, 0.2) is 5.82 Å². The molecule has 33 heavy (non-hydrogen) atoms. The molecule has 0 amide bonds. The minimum Gasteiger partial charge on any atom is -0.497 e. The van der Waals surface area contributed by atoms with Crippen LogP contribution in [0.2, 0.25) is 0 Å². The fraction of sp³-hybridized carbons (Fsp3) is 0.500. The number of nitrogens with zero attached hydrogens (tertiary/aromatic N) is 5. The van der Waals surface area contributed by atoms with Gasteiger partial charge < -0.3 is 19.2 Å². The Morgan fingerprint density at radius 1 is 1.33 bits per heavy atom. The van der Waals surface area contributed by atoms with E-state index in [0.29, 0.717) is 31.0 Å². The van der Waals surface area contributed by atoms with Gasteiger partial charge in [-0.2, -0.15) is 0 Å². The largest absolute Gasteiger partial charge is 0.497 e. The van der Waals surface area contributed by atoms with E-state index >= 15 is 0 Å². The number of ether oxygens (including phenoxy) is 3. The number of H-pyrrole nitrogens is 1. The number of esters is 1. The van der Waals surface area contributed by atoms with Gasteiger partial charge in [0, 0.05) is 36.2 Å². The summed E-state index contributed by atoms with van der Waals surface area (Å²) in [5.74, 6) is 0.825. The molecule has 11 heteroatoms. The van der Waals surface area contributed by atoms with Crippen molar-refractivity contribution in [3.8, 4) is 5.75 Å². The lowest BCUT2D eigenvalue weighted by atomic mass is 10.1. The SMILES string of the molecule is CCOC(=O)Cn1nnnc1CN(Cc1cc2cc(OC)ccc2[nH]c1=O)CC1CCCO1. The molecule has 0 aliphatic carbocycles. The summed E-state index contributed by atoms with van der Waals surface area (Å²) in [6.45, 7) is 4.03. The predicted octanol–water partition coefficient (Wildman–Crippen LogP) is 1.27. The predicted molar refractivity (Wildman–Crippen MR) is 119 cm³/mol. The Hall–Kier alpha value is -3.31. The quantitative estimate of drug-likeness (QED) is 0.449. The average molecular weight is 457 g/mol. The molecule has 1 aliphatic rings. The van der Waals surface area contributed by atoms with E-state index < -0.39 is 5.97 Å². The normalized spacial score (nSPS) is 15.9. The van der Waals surface area contributed by atoms with Crippen LogP contribution >= 0.6 is 0 Å². The number of tetrazole rings is 1. The highest BCUT2D eigenvalue weighted by atomic mass is 16.5. The van der Waals surface area contributed by atoms with Crippen molar-refractivity contribution in [2.75, 3.05) is 26.9 Å². The number of carbonyl (C=O) groups is 1. The fourth-order valence-electron chi connectivity index (χ4n) is 3.96. The minimum absolute atomic E-state index is 0.0685. The Morgan fingerprint density at radius 2 is 2.21 bits per heavy atom. The molecule has 11 nitrogen and oxygen atoms in total. The van der Waals surface area contributed by atoms with Gasteiger partial charge in [0.25, 0.3) is 5.56 Å². The van der Waals surface area contributed by atoms with Gasteiger partial charge >= 0.3 is 5.97 Å². The van der Waals surface area contributed by atoms with Crippen molar-refractivity contribution in [2.45, 2.75) is 45.5 Å². The Morgan fingerprint density at radius 3 is 2.97 bits per heavy atom. The van der Waals surface area contributed by atoms with Gasteiger partial charge in [0.2, 0.25) is 0 Å². The van der Waals surface area contributed by atoms with E-state index in [1.54, 1.807) is 14.0 Å². The number of hydrogen-bond acceptors (Lipinski definition) is 9. The fourth-order valence-corrected chi connectivity index (χ4v) is 3.96. The van der Waals surface area contributed by atoms with Gasteiger partial charge in [0.05, 0.1) is 26.4 Å². The lowest BCUT2D eigenvalue weighted by Gasteiger charge is -2.24. The summed E-state index contributed by atoms with van der Waals surface area (Å²) in [6.07, 6.45) is 2.03. The highest BCUT2D eigenvalue weighted by molar-refractivity contribution is 5.80. The van der Waals surface area contributed by atoms with Crippen LogP contribution in [0.1, 0.15) is 31.2 Å². The molecule has 1 atom stereocenters. The first-order valence-electron chi connectivity index (χ1n) is 11.0. The molecule has 1 aliphatic heterocycles. The number of methoxy groups -OCH3 is 1. The number of hydrogen-bond donors (Lipinski definition) is 1. The number of fused-ring (bicyclic) bond motifs is 1. The summed E-state index contributed by atoms with van der Waals surface area (Å²) in [4.78, 5) is 29.7. The molecular weight excluding hydrogens is 428 g/mol. The maximum absolute atomic E-state index is 12.8. The zero-order chi connectivity index (χ0) is 23.2. The summed E-state index contributed by atoms with van der Waals surface area (Å²) in [5, 5.41) is 12.6. The van der Waals surface area contributed by atoms with Gasteiger partial charge in [-0.25, -0.2) is 4.68 Å². The number of nitrogens with one attached hydrogen (secondary N) is 1. The molecule has 2 aromatic heterocycles. The van der Waals surface area contributed by atoms with E-state index in [-0.39, 0.29) is 24.8 Å². The third-order valence-corrected chi connectivity index (χ3v) is 5.56. The zero-order valence-electron chi connectivity index (χ0n) is 18.8. The van der Waals surface area contributed by atoms with Crippen LogP contribution in [0.25, 0.3) is 10.9 Å². The topological polar surface area (TPSA) is 124 Å². The van der Waals surface area contributed by atoms with Crippen molar-refractivity contribution in [3.63, 3.8) is 0 Å². The van der Waals surface area contributed by atoms with Crippen LogP contribution in [-0.4, -0.2) is 69.0 Å². The highest BCUT2D eigenvalue weighted by Crippen LogP contribution is 2.20. The summed E-state index contributed by atoms with van der Waals surface area (Å²) in [5.41, 5.74) is 1.20. The summed E-state index contributed by atoms with van der Waals surface area (Å²) < 4.78 is 17.6. The molecule has 1 N–H and O–H groups in total. The van der Waals surface area contributed by atoms with Crippen LogP contribution < -0.4 is 10.3 Å². The monoisotopic (exact) mass is 456 g/mol. The van der Waals surface area contributed by atoms with E-state index in [9.17, 15) is 9.59 Å². The van der Waals surface area contributed by atoms with Gasteiger partial charge in [0.1, 0.15) is 12.3 Å². The Bertz CT molecular complexity index is 1150. The smallest absolute Gasteiger partial charge is 0.327 e. The third kappa shape index (κ3) is 5.74. The van der Waals surface area contributed by atoms with Crippen molar-refractivity contribution in [1.82, 2.24) is 30.1 Å². The minimum atomic E-state index is -0.406. The van der Waals surface area contributed by atoms with Crippen LogP contribution in [0.4, 0.5) is 0 Å². The van der Waals surface area contributed by atoms with E-state index in [2.05, 4.69) is 25.4 Å². The second kappa shape index (κ2) is 10.5. The third-order valence-electron chi connectivity index (χ3n) is 5.56. The van der Waals surface area contributed by atoms with Gasteiger partial charge in [-0.15, -0.1) is 5.10 Å². The molecule has 0 spiro atoms. The zero-order valence-corrected chi connectivity index (χ0v) is 18.8. The van der Waals surface area contributed by atoms with Crippen molar-refractivity contribution < 1.29 is 19.0 Å². The number of pyridine rings is 1. The lowest BCUT2D eigenvalue weighted by molar-refractivity contribution is -0.144. The van der Waals surface area contributed by atoms with Crippen molar-refractivity contribution >= 4 is 16.9 Å². The molecule has 1 unspecified atom stereocenters. The maximum atomic E-state index is 12.8. The summed E-state index contributed by atoms with van der Waals surface area (Å²) >= 11 is 0. The molecule has 1 saturated heterocycles. The standard InChI is InChI=1S/C22H28N6O5/c1-3-32-21(29)14-28-20(24-25-26-28)13-27(12-18-5-4-8-33-18)11-16-9-15-10-17(31-2)6-7-19(15)23-22(16)30/h6-7,9-10,18H,3-5,8,11-14H2,1-2H3,(H,23,30). The van der Waals surface area contributed by atoms with E-state index in [1.807, 2.05) is 24.3 Å². The molecule has 3 heterocycles. The van der Waals surface area contributed by atoms with Crippen LogP contribution in [0.3, 0.4) is 0 Å². The number of benzene rings is 1. The number of rotatable bonds is 10. The maximum Gasteiger partial charge on any atom is 0.327 e. The first-order valence-corrected chi connectivity index (χ1v) is 11.0. The molecule has 176 valence electrons. The molecule has 0 saturated carbocycles. The Labute approximate surface area is 190 Å². The van der Waals surface area contributed by atoms with E-state index in [0.717, 1.165) is 36.1 Å². The van der Waals surface area contributed by atoms with E-state index in [4.69, 9.17) is 14.2 Å². The summed E-state index contributed by atoms with van der Waals surface area (Å²) in [7, 11) is 1.61. The number of aromatic amines is 1. The van der Waals surface area contributed by atoms with Crippen LogP contribution in [0.5, 0.6) is 5.75 Å². The van der Waals surface area contributed by atoms with Crippen LogP contribution in [0.15, 0.2) is 29.1 Å². The Kier molecular flexibility index (Phi) is 7.30. The molecule has 1 aromatic carbocycles. The molecule has 1 fully saturated rings. The number of carbonyl (C=O) groups excluding carboxylic acids is 1. The first-order chi connectivity index (χ1) is 16.1. The molecular formula is C22H28N6O5. The number of aromatic nitrogens is 5. The summed E-state index contributed by atoms with van der Waals surface area (Å²) in [6, 6.07) is 7.40. The van der Waals surface area contributed by atoms with Crippen LogP contribution in [-0.2, 0) is 33.9 Å². The van der Waals surface area contributed by atoms with Crippen molar-refractivity contribution in [1.29, 1.82) is 0 Å². The highest BCUT2D eigenvalue weighted by Gasteiger charge is 2.23.